The number of rotatable bonds is 2. The van der Waals surface area contributed by atoms with Crippen LogP contribution >= 0.6 is 0 Å². The predicted octanol–water partition coefficient (Wildman–Crippen LogP) is 4.19. The SMILES string of the molecule is c1ccc(-c2ccc(C3CCCCC3)nn2)cc1. The van der Waals surface area contributed by atoms with Crippen LogP contribution in [-0.4, -0.2) is 10.2 Å². The molecule has 1 aliphatic rings. The molecule has 2 aromatic rings. The molecule has 1 aliphatic carbocycles. The third kappa shape index (κ3) is 2.42. The van der Waals surface area contributed by atoms with Gasteiger partial charge in [0.05, 0.1) is 11.4 Å². The van der Waals surface area contributed by atoms with E-state index < -0.39 is 0 Å². The Bertz CT molecular complexity index is 484. The minimum Gasteiger partial charge on any atom is -0.155 e. The van der Waals surface area contributed by atoms with Crippen molar-refractivity contribution in [3.8, 4) is 11.3 Å². The summed E-state index contributed by atoms with van der Waals surface area (Å²) in [6.07, 6.45) is 6.62. The number of aromatic nitrogens is 2. The average Bonchev–Trinajstić information content (AvgIpc) is 2.49. The lowest BCUT2D eigenvalue weighted by Crippen LogP contribution is -2.07. The Morgan fingerprint density at radius 1 is 0.778 bits per heavy atom. The highest BCUT2D eigenvalue weighted by Gasteiger charge is 2.17. The topological polar surface area (TPSA) is 25.8 Å². The first-order valence-electron chi connectivity index (χ1n) is 6.82. The lowest BCUT2D eigenvalue weighted by atomic mass is 9.87. The van der Waals surface area contributed by atoms with Crippen LogP contribution in [0.2, 0.25) is 0 Å². The second kappa shape index (κ2) is 5.30. The maximum Gasteiger partial charge on any atom is 0.0929 e. The highest BCUT2D eigenvalue weighted by atomic mass is 15.1. The normalized spacial score (nSPS) is 16.7. The standard InChI is InChI=1S/C16H18N2/c1-3-7-13(8-4-1)15-11-12-16(18-17-15)14-9-5-2-6-10-14/h1,3-4,7-8,11-12,14H,2,5-6,9-10H2. The number of nitrogens with zero attached hydrogens (tertiary/aromatic N) is 2. The van der Waals surface area contributed by atoms with E-state index >= 15 is 0 Å². The second-order valence-electron chi connectivity index (χ2n) is 5.04. The summed E-state index contributed by atoms with van der Waals surface area (Å²) in [5.41, 5.74) is 3.28. The van der Waals surface area contributed by atoms with Crippen molar-refractivity contribution < 1.29 is 0 Å². The van der Waals surface area contributed by atoms with Crippen LogP contribution in [-0.2, 0) is 0 Å². The molecule has 3 rings (SSSR count). The zero-order valence-electron chi connectivity index (χ0n) is 10.5. The van der Waals surface area contributed by atoms with Crippen LogP contribution in [0.4, 0.5) is 0 Å². The number of hydrogen-bond donors (Lipinski definition) is 0. The van der Waals surface area contributed by atoms with E-state index in [1.165, 1.54) is 37.8 Å². The van der Waals surface area contributed by atoms with Crippen LogP contribution in [0, 0.1) is 0 Å². The van der Waals surface area contributed by atoms with Crippen LogP contribution in [0.3, 0.4) is 0 Å². The van der Waals surface area contributed by atoms with Crippen molar-refractivity contribution in [3.63, 3.8) is 0 Å². The fourth-order valence-electron chi connectivity index (χ4n) is 2.72. The smallest absolute Gasteiger partial charge is 0.0929 e. The molecule has 1 heterocycles. The fourth-order valence-corrected chi connectivity index (χ4v) is 2.72. The fraction of sp³-hybridized carbons (Fsp3) is 0.375. The first-order chi connectivity index (χ1) is 8.93. The Morgan fingerprint density at radius 3 is 2.22 bits per heavy atom. The van der Waals surface area contributed by atoms with Crippen LogP contribution in [0.25, 0.3) is 11.3 Å². The van der Waals surface area contributed by atoms with E-state index in [1.807, 2.05) is 18.2 Å². The van der Waals surface area contributed by atoms with Crippen molar-refractivity contribution in [2.75, 3.05) is 0 Å². The van der Waals surface area contributed by atoms with Gasteiger partial charge in [-0.15, -0.1) is 0 Å². The van der Waals surface area contributed by atoms with Gasteiger partial charge in [0.2, 0.25) is 0 Å². The van der Waals surface area contributed by atoms with Crippen molar-refractivity contribution in [2.45, 2.75) is 38.0 Å². The van der Waals surface area contributed by atoms with Crippen LogP contribution in [0.1, 0.15) is 43.7 Å². The number of hydrogen-bond acceptors (Lipinski definition) is 2. The molecule has 0 radical (unpaired) electrons. The lowest BCUT2D eigenvalue weighted by Gasteiger charge is -2.20. The minimum atomic E-state index is 0.635. The Hall–Kier alpha value is -1.70. The van der Waals surface area contributed by atoms with Gasteiger partial charge in [-0.1, -0.05) is 49.6 Å². The summed E-state index contributed by atoms with van der Waals surface area (Å²) in [5, 5.41) is 8.80. The second-order valence-corrected chi connectivity index (χ2v) is 5.04. The molecule has 2 nitrogen and oxygen atoms in total. The molecule has 0 saturated heterocycles. The molecule has 1 aromatic heterocycles. The summed E-state index contributed by atoms with van der Waals surface area (Å²) in [5.74, 6) is 0.635. The van der Waals surface area contributed by atoms with Gasteiger partial charge in [0, 0.05) is 11.5 Å². The van der Waals surface area contributed by atoms with Gasteiger partial charge in [0.1, 0.15) is 0 Å². The lowest BCUT2D eigenvalue weighted by molar-refractivity contribution is 0.434. The summed E-state index contributed by atoms with van der Waals surface area (Å²) in [4.78, 5) is 0. The molecular weight excluding hydrogens is 220 g/mol. The Balaban J connectivity index is 1.80. The Labute approximate surface area is 108 Å². The largest absolute Gasteiger partial charge is 0.155 e. The third-order valence-electron chi connectivity index (χ3n) is 3.78. The van der Waals surface area contributed by atoms with Crippen LogP contribution < -0.4 is 0 Å². The predicted molar refractivity (Wildman–Crippen MR) is 73.3 cm³/mol. The zero-order valence-corrected chi connectivity index (χ0v) is 10.5. The van der Waals surface area contributed by atoms with Gasteiger partial charge in [-0.3, -0.25) is 0 Å². The van der Waals surface area contributed by atoms with E-state index in [2.05, 4.69) is 34.5 Å². The highest BCUT2D eigenvalue weighted by Crippen LogP contribution is 2.31. The molecule has 1 aromatic carbocycles. The van der Waals surface area contributed by atoms with E-state index in [0.29, 0.717) is 5.92 Å². The van der Waals surface area contributed by atoms with E-state index in [4.69, 9.17) is 0 Å². The highest BCUT2D eigenvalue weighted by molar-refractivity contribution is 5.57. The van der Waals surface area contributed by atoms with Gasteiger partial charge in [-0.05, 0) is 25.0 Å². The third-order valence-corrected chi connectivity index (χ3v) is 3.78. The van der Waals surface area contributed by atoms with Gasteiger partial charge in [0.15, 0.2) is 0 Å². The summed E-state index contributed by atoms with van der Waals surface area (Å²) >= 11 is 0. The van der Waals surface area contributed by atoms with Gasteiger partial charge < -0.3 is 0 Å². The molecule has 0 N–H and O–H groups in total. The molecule has 0 bridgehead atoms. The van der Waals surface area contributed by atoms with E-state index in [9.17, 15) is 0 Å². The van der Waals surface area contributed by atoms with Crippen LogP contribution in [0.5, 0.6) is 0 Å². The molecule has 1 fully saturated rings. The number of benzene rings is 1. The molecule has 0 unspecified atom stereocenters. The molecule has 18 heavy (non-hydrogen) atoms. The van der Waals surface area contributed by atoms with Crippen molar-refractivity contribution >= 4 is 0 Å². The molecule has 1 saturated carbocycles. The monoisotopic (exact) mass is 238 g/mol. The van der Waals surface area contributed by atoms with E-state index in [-0.39, 0.29) is 0 Å². The maximum atomic E-state index is 4.43. The Kier molecular flexibility index (Phi) is 3.35. The van der Waals surface area contributed by atoms with Gasteiger partial charge in [-0.2, -0.15) is 10.2 Å². The quantitative estimate of drug-likeness (QED) is 0.784. The minimum absolute atomic E-state index is 0.635. The van der Waals surface area contributed by atoms with Crippen molar-refractivity contribution in [2.24, 2.45) is 0 Å². The Morgan fingerprint density at radius 2 is 1.56 bits per heavy atom. The van der Waals surface area contributed by atoms with Crippen molar-refractivity contribution in [1.29, 1.82) is 0 Å². The summed E-state index contributed by atoms with van der Waals surface area (Å²) in [7, 11) is 0. The first kappa shape index (κ1) is 11.4. The van der Waals surface area contributed by atoms with Crippen molar-refractivity contribution in [3.05, 3.63) is 48.2 Å². The van der Waals surface area contributed by atoms with E-state index in [0.717, 1.165) is 11.3 Å². The average molecular weight is 238 g/mol. The molecule has 2 heteroatoms. The maximum absolute atomic E-state index is 4.43. The van der Waals surface area contributed by atoms with Crippen molar-refractivity contribution in [1.82, 2.24) is 10.2 Å². The van der Waals surface area contributed by atoms with Gasteiger partial charge in [-0.25, -0.2) is 0 Å². The first-order valence-corrected chi connectivity index (χ1v) is 6.82. The van der Waals surface area contributed by atoms with E-state index in [1.54, 1.807) is 0 Å². The summed E-state index contributed by atoms with van der Waals surface area (Å²) < 4.78 is 0. The molecule has 0 spiro atoms. The van der Waals surface area contributed by atoms with Gasteiger partial charge >= 0.3 is 0 Å². The molecule has 0 atom stereocenters. The summed E-state index contributed by atoms with van der Waals surface area (Å²) in [6, 6.07) is 14.5. The zero-order chi connectivity index (χ0) is 12.2. The molecule has 0 amide bonds. The summed E-state index contributed by atoms with van der Waals surface area (Å²) in [6.45, 7) is 0. The van der Waals surface area contributed by atoms with Crippen LogP contribution in [0.15, 0.2) is 42.5 Å². The van der Waals surface area contributed by atoms with Gasteiger partial charge in [0.25, 0.3) is 0 Å². The molecular formula is C16H18N2. The molecule has 0 aliphatic heterocycles. The molecule has 92 valence electrons.